The van der Waals surface area contributed by atoms with Crippen LogP contribution in [0.1, 0.15) is 56.3 Å². The molecule has 126 valence electrons. The van der Waals surface area contributed by atoms with Crippen LogP contribution in [-0.2, 0) is 4.57 Å². The van der Waals surface area contributed by atoms with E-state index < -0.39 is 13.0 Å². The number of ketones is 1. The minimum Gasteiger partial charge on any atom is -0.496 e. The zero-order valence-corrected chi connectivity index (χ0v) is 15.3. The lowest BCUT2D eigenvalue weighted by Crippen LogP contribution is -2.34. The number of ether oxygens (including phenoxy) is 2. The third-order valence-corrected chi connectivity index (χ3v) is 7.58. The van der Waals surface area contributed by atoms with Crippen LogP contribution in [0.15, 0.2) is 18.2 Å². The molecule has 0 aliphatic heterocycles. The first-order chi connectivity index (χ1) is 11.0. The minimum absolute atomic E-state index is 0.0350. The molecule has 0 radical (unpaired) electrons. The van der Waals surface area contributed by atoms with Crippen LogP contribution in [0.3, 0.4) is 0 Å². The Balaban J connectivity index is 2.54. The molecule has 1 fully saturated rings. The number of Topliss-reactive ketones (excluding diaryl/α,β-unsaturated/α-hetero) is 1. The van der Waals surface area contributed by atoms with Gasteiger partial charge in [0.25, 0.3) is 0 Å². The van der Waals surface area contributed by atoms with Crippen molar-refractivity contribution in [3.05, 3.63) is 23.8 Å². The summed E-state index contributed by atoms with van der Waals surface area (Å²) >= 11 is 0. The molecular formula is C18H26O4P+. The molecule has 0 saturated heterocycles. The summed E-state index contributed by atoms with van der Waals surface area (Å²) in [6.07, 6.45) is 4.08. The molecule has 1 aliphatic carbocycles. The first-order valence-corrected chi connectivity index (χ1v) is 9.57. The molecule has 2 unspecified atom stereocenters. The highest BCUT2D eigenvalue weighted by molar-refractivity contribution is 7.48. The van der Waals surface area contributed by atoms with Crippen molar-refractivity contribution < 1.29 is 18.8 Å². The van der Waals surface area contributed by atoms with Gasteiger partial charge in [0.1, 0.15) is 17.1 Å². The van der Waals surface area contributed by atoms with Crippen LogP contribution in [0.2, 0.25) is 0 Å². The summed E-state index contributed by atoms with van der Waals surface area (Å²) in [6, 6.07) is 5.31. The van der Waals surface area contributed by atoms with Crippen LogP contribution >= 0.6 is 7.80 Å². The van der Waals surface area contributed by atoms with Crippen LogP contribution < -0.4 is 9.47 Å². The number of carbonyl (C=O) groups is 1. The fourth-order valence-corrected chi connectivity index (χ4v) is 5.65. The maximum Gasteiger partial charge on any atom is 0.356 e. The van der Waals surface area contributed by atoms with Crippen molar-refractivity contribution in [1.29, 1.82) is 0 Å². The van der Waals surface area contributed by atoms with Gasteiger partial charge >= 0.3 is 7.80 Å². The number of benzene rings is 1. The Kier molecular flexibility index (Phi) is 5.80. The van der Waals surface area contributed by atoms with Crippen LogP contribution in [0.5, 0.6) is 11.5 Å². The smallest absolute Gasteiger partial charge is 0.356 e. The highest BCUT2D eigenvalue weighted by Crippen LogP contribution is 2.56. The molecule has 1 aliphatic rings. The summed E-state index contributed by atoms with van der Waals surface area (Å²) < 4.78 is 23.9. The minimum atomic E-state index is -1.64. The van der Waals surface area contributed by atoms with Crippen LogP contribution in [0.4, 0.5) is 0 Å². The van der Waals surface area contributed by atoms with Crippen molar-refractivity contribution >= 4 is 13.6 Å². The molecule has 2 atom stereocenters. The topological polar surface area (TPSA) is 52.6 Å². The number of carbonyl (C=O) groups excluding carboxylic acids is 1. The summed E-state index contributed by atoms with van der Waals surface area (Å²) in [7, 11) is 1.45. The summed E-state index contributed by atoms with van der Waals surface area (Å²) in [5.74, 6) is 0.909. The predicted octanol–water partition coefficient (Wildman–Crippen LogP) is 4.83. The second-order valence-electron chi connectivity index (χ2n) is 6.19. The third kappa shape index (κ3) is 3.14. The van der Waals surface area contributed by atoms with E-state index >= 15 is 0 Å². The lowest BCUT2D eigenvalue weighted by Gasteiger charge is -2.21. The van der Waals surface area contributed by atoms with E-state index in [2.05, 4.69) is 0 Å². The average Bonchev–Trinajstić information content (AvgIpc) is 3.09. The van der Waals surface area contributed by atoms with Gasteiger partial charge in [-0.3, -0.25) is 4.79 Å². The second-order valence-corrected chi connectivity index (χ2v) is 8.58. The van der Waals surface area contributed by atoms with E-state index in [1.165, 1.54) is 0 Å². The molecule has 0 bridgehead atoms. The summed E-state index contributed by atoms with van der Waals surface area (Å²) in [5, 5.41) is -0.771. The lowest BCUT2D eigenvalue weighted by atomic mass is 9.93. The Labute approximate surface area is 139 Å². The summed E-state index contributed by atoms with van der Waals surface area (Å²) in [4.78, 5) is 13.4. The van der Waals surface area contributed by atoms with Crippen LogP contribution in [0, 0.1) is 0 Å². The summed E-state index contributed by atoms with van der Waals surface area (Å²) in [5.41, 5.74) is 0.471. The maximum atomic E-state index is 13.4. The van der Waals surface area contributed by atoms with Crippen molar-refractivity contribution in [2.45, 2.75) is 56.8 Å². The van der Waals surface area contributed by atoms with Gasteiger partial charge in [-0.1, -0.05) is 17.6 Å². The van der Waals surface area contributed by atoms with Crippen molar-refractivity contribution in [3.8, 4) is 11.5 Å². The lowest BCUT2D eigenvalue weighted by molar-refractivity contribution is 0.0933. The number of hydrogen-bond donors (Lipinski definition) is 0. The van der Waals surface area contributed by atoms with Crippen LogP contribution in [0.25, 0.3) is 0 Å². The van der Waals surface area contributed by atoms with E-state index in [1.807, 2.05) is 13.8 Å². The third-order valence-electron chi connectivity index (χ3n) is 4.92. The largest absolute Gasteiger partial charge is 0.496 e. The SMILES string of the molecule is CCC(C)[P+](=O)C1(C(=O)c2c(OC)cccc2OC)CCCC1. The van der Waals surface area contributed by atoms with E-state index in [4.69, 9.17) is 9.47 Å². The Morgan fingerprint density at radius 3 is 2.17 bits per heavy atom. The van der Waals surface area contributed by atoms with Gasteiger partial charge < -0.3 is 9.47 Å². The molecule has 5 heteroatoms. The first-order valence-electron chi connectivity index (χ1n) is 8.24. The van der Waals surface area contributed by atoms with E-state index in [0.29, 0.717) is 29.9 Å². The second kappa shape index (κ2) is 7.44. The molecule has 0 aromatic heterocycles. The van der Waals surface area contributed by atoms with Gasteiger partial charge in [-0.05, 0) is 38.3 Å². The van der Waals surface area contributed by atoms with E-state index in [0.717, 1.165) is 19.3 Å². The number of methoxy groups -OCH3 is 2. The molecule has 2 rings (SSSR count). The number of rotatable bonds is 7. The zero-order chi connectivity index (χ0) is 17.0. The Bertz CT molecular complexity index is 568. The Hall–Kier alpha value is -1.41. The molecular weight excluding hydrogens is 311 g/mol. The van der Waals surface area contributed by atoms with E-state index in [1.54, 1.807) is 32.4 Å². The van der Waals surface area contributed by atoms with Gasteiger partial charge in [-0.2, -0.15) is 0 Å². The molecule has 4 nitrogen and oxygen atoms in total. The highest BCUT2D eigenvalue weighted by atomic mass is 31.1. The molecule has 0 amide bonds. The standard InChI is InChI=1S/C18H26O4P/c1-5-13(2)23(20)18(11-6-7-12-18)17(19)16-14(21-3)9-8-10-15(16)22-4/h8-10,13H,5-7,11-12H2,1-4H3/q+1. The van der Waals surface area contributed by atoms with E-state index in [-0.39, 0.29) is 11.4 Å². The number of hydrogen-bond acceptors (Lipinski definition) is 4. The molecule has 0 spiro atoms. The first kappa shape index (κ1) is 17.9. The van der Waals surface area contributed by atoms with Gasteiger partial charge in [0, 0.05) is 12.8 Å². The fourth-order valence-electron chi connectivity index (χ4n) is 3.40. The van der Waals surface area contributed by atoms with E-state index in [9.17, 15) is 9.36 Å². The highest BCUT2D eigenvalue weighted by Gasteiger charge is 2.59. The van der Waals surface area contributed by atoms with Crippen molar-refractivity contribution in [2.75, 3.05) is 14.2 Å². The van der Waals surface area contributed by atoms with Crippen molar-refractivity contribution in [3.63, 3.8) is 0 Å². The van der Waals surface area contributed by atoms with Crippen LogP contribution in [-0.4, -0.2) is 30.8 Å². The monoisotopic (exact) mass is 337 g/mol. The molecule has 1 saturated carbocycles. The van der Waals surface area contributed by atoms with Gasteiger partial charge in [-0.25, -0.2) is 0 Å². The molecule has 1 aromatic rings. The zero-order valence-electron chi connectivity index (χ0n) is 14.4. The predicted molar refractivity (Wildman–Crippen MR) is 92.4 cm³/mol. The van der Waals surface area contributed by atoms with Gasteiger partial charge in [0.05, 0.1) is 14.2 Å². The van der Waals surface area contributed by atoms with Gasteiger partial charge in [-0.15, -0.1) is 0 Å². The molecule has 23 heavy (non-hydrogen) atoms. The summed E-state index contributed by atoms with van der Waals surface area (Å²) in [6.45, 7) is 4.00. The molecule has 0 heterocycles. The van der Waals surface area contributed by atoms with Gasteiger partial charge in [0.15, 0.2) is 5.66 Å². The quantitative estimate of drug-likeness (QED) is 0.528. The Morgan fingerprint density at radius 1 is 1.22 bits per heavy atom. The van der Waals surface area contributed by atoms with Crippen molar-refractivity contribution in [2.24, 2.45) is 0 Å². The van der Waals surface area contributed by atoms with Crippen molar-refractivity contribution in [1.82, 2.24) is 0 Å². The maximum absolute atomic E-state index is 13.4. The normalized spacial score (nSPS) is 18.3. The fraction of sp³-hybridized carbons (Fsp3) is 0.611. The Morgan fingerprint density at radius 2 is 1.74 bits per heavy atom. The van der Waals surface area contributed by atoms with Gasteiger partial charge in [0.2, 0.25) is 10.9 Å². The molecule has 0 N–H and O–H groups in total. The molecule has 1 aromatic carbocycles. The average molecular weight is 337 g/mol.